The minimum atomic E-state index is -1.09. The van der Waals surface area contributed by atoms with Crippen LogP contribution in [0.3, 0.4) is 0 Å². The fourth-order valence-corrected chi connectivity index (χ4v) is 1.76. The van der Waals surface area contributed by atoms with Gasteiger partial charge in [0.2, 0.25) is 0 Å². The Morgan fingerprint density at radius 3 is 2.56 bits per heavy atom. The van der Waals surface area contributed by atoms with Crippen molar-refractivity contribution in [2.75, 3.05) is 32.2 Å². The molecule has 1 unspecified atom stereocenters. The van der Waals surface area contributed by atoms with Gasteiger partial charge in [-0.15, -0.1) is 0 Å². The normalized spacial score (nSPS) is 11.9. The molecule has 0 aliphatic rings. The van der Waals surface area contributed by atoms with Crippen LogP contribution in [-0.2, 0) is 9.53 Å². The maximum absolute atomic E-state index is 11.3. The topological polar surface area (TPSA) is 87.7 Å². The molecular weight excluding hydrogens is 256 g/mol. The Morgan fingerprint density at radius 2 is 2.00 bits per heavy atom. The first-order chi connectivity index (χ1) is 8.61. The molecule has 7 heteroatoms. The molecule has 0 aromatic carbocycles. The zero-order valence-electron chi connectivity index (χ0n) is 10.9. The molecule has 106 valence electrons. The smallest absolute Gasteiger partial charge is 0.334 e. The van der Waals surface area contributed by atoms with Crippen molar-refractivity contribution >= 4 is 23.8 Å². The average Bonchev–Trinajstić information content (AvgIpc) is 2.34. The number of thioether (sulfide) groups is 1. The number of methoxy groups -OCH3 is 1. The molecule has 0 spiro atoms. The number of carbonyl (C=O) groups excluding carboxylic acids is 1. The lowest BCUT2D eigenvalue weighted by molar-refractivity contribution is -0.147. The van der Waals surface area contributed by atoms with Gasteiger partial charge in [-0.25, -0.2) is 9.59 Å². The number of aliphatic carboxylic acids is 1. The van der Waals surface area contributed by atoms with E-state index in [0.29, 0.717) is 6.54 Å². The van der Waals surface area contributed by atoms with Crippen molar-refractivity contribution in [3.05, 3.63) is 0 Å². The van der Waals surface area contributed by atoms with Gasteiger partial charge in [0.25, 0.3) is 0 Å². The van der Waals surface area contributed by atoms with Gasteiger partial charge in [0, 0.05) is 13.7 Å². The number of hydrogen-bond acceptors (Lipinski definition) is 4. The molecule has 2 amide bonds. The molecule has 1 atom stereocenters. The fourth-order valence-electron chi connectivity index (χ4n) is 1.27. The van der Waals surface area contributed by atoms with Crippen molar-refractivity contribution in [1.29, 1.82) is 0 Å². The third-order valence-electron chi connectivity index (χ3n) is 2.32. The Balaban J connectivity index is 3.50. The van der Waals surface area contributed by atoms with E-state index in [1.54, 1.807) is 0 Å². The molecule has 3 N–H and O–H groups in total. The summed E-state index contributed by atoms with van der Waals surface area (Å²) in [5, 5.41) is 13.8. The first-order valence-corrected chi connectivity index (χ1v) is 7.27. The highest BCUT2D eigenvalue weighted by Crippen LogP contribution is 2.01. The van der Waals surface area contributed by atoms with Gasteiger partial charge in [-0.3, -0.25) is 0 Å². The largest absolute Gasteiger partial charge is 0.479 e. The lowest BCUT2D eigenvalue weighted by Crippen LogP contribution is -2.43. The van der Waals surface area contributed by atoms with Gasteiger partial charge >= 0.3 is 12.0 Å². The minimum Gasteiger partial charge on any atom is -0.479 e. The molecule has 0 fully saturated rings. The second-order valence-electron chi connectivity index (χ2n) is 3.75. The van der Waals surface area contributed by atoms with Crippen LogP contribution in [0.15, 0.2) is 0 Å². The maximum Gasteiger partial charge on any atom is 0.334 e. The fraction of sp³-hybridized carbons (Fsp3) is 0.818. The van der Waals surface area contributed by atoms with Crippen LogP contribution in [0.25, 0.3) is 0 Å². The van der Waals surface area contributed by atoms with Crippen LogP contribution in [-0.4, -0.2) is 55.4 Å². The van der Waals surface area contributed by atoms with Gasteiger partial charge in [-0.2, -0.15) is 11.8 Å². The molecule has 0 aromatic rings. The summed E-state index contributed by atoms with van der Waals surface area (Å²) in [4.78, 5) is 21.9. The number of amides is 2. The van der Waals surface area contributed by atoms with Gasteiger partial charge in [0.1, 0.15) is 0 Å². The Kier molecular flexibility index (Phi) is 10.6. The molecule has 0 aliphatic heterocycles. The Morgan fingerprint density at radius 1 is 1.28 bits per heavy atom. The number of nitrogens with one attached hydrogen (secondary N) is 2. The van der Waals surface area contributed by atoms with Crippen LogP contribution in [0.4, 0.5) is 4.79 Å². The Hall–Kier alpha value is -0.950. The second-order valence-corrected chi connectivity index (χ2v) is 4.74. The van der Waals surface area contributed by atoms with E-state index in [-0.39, 0.29) is 12.6 Å². The zero-order chi connectivity index (χ0) is 13.8. The highest BCUT2D eigenvalue weighted by molar-refractivity contribution is 7.98. The van der Waals surface area contributed by atoms with Crippen molar-refractivity contribution < 1.29 is 19.4 Å². The number of unbranched alkanes of at least 4 members (excludes halogenated alkanes) is 2. The van der Waals surface area contributed by atoms with Gasteiger partial charge in [-0.05, 0) is 24.9 Å². The van der Waals surface area contributed by atoms with Crippen molar-refractivity contribution in [1.82, 2.24) is 10.6 Å². The molecular formula is C11H22N2O4S. The first-order valence-electron chi connectivity index (χ1n) is 5.88. The van der Waals surface area contributed by atoms with Crippen molar-refractivity contribution in [3.8, 4) is 0 Å². The van der Waals surface area contributed by atoms with E-state index in [0.717, 1.165) is 25.0 Å². The summed E-state index contributed by atoms with van der Waals surface area (Å²) < 4.78 is 4.69. The lowest BCUT2D eigenvalue weighted by Gasteiger charge is -2.12. The second kappa shape index (κ2) is 11.2. The van der Waals surface area contributed by atoms with E-state index in [1.807, 2.05) is 11.8 Å². The molecule has 0 aromatic heterocycles. The van der Waals surface area contributed by atoms with Gasteiger partial charge in [-0.1, -0.05) is 6.42 Å². The number of urea groups is 1. The van der Waals surface area contributed by atoms with E-state index in [4.69, 9.17) is 5.11 Å². The van der Waals surface area contributed by atoms with Crippen LogP contribution < -0.4 is 10.6 Å². The molecule has 0 saturated heterocycles. The van der Waals surface area contributed by atoms with E-state index in [2.05, 4.69) is 21.6 Å². The van der Waals surface area contributed by atoms with Crippen molar-refractivity contribution in [3.63, 3.8) is 0 Å². The number of carboxylic acids is 1. The van der Waals surface area contributed by atoms with Crippen molar-refractivity contribution in [2.24, 2.45) is 0 Å². The minimum absolute atomic E-state index is 0.0376. The third-order valence-corrected chi connectivity index (χ3v) is 3.02. The van der Waals surface area contributed by atoms with E-state index in [9.17, 15) is 9.59 Å². The molecule has 18 heavy (non-hydrogen) atoms. The Labute approximate surface area is 112 Å². The van der Waals surface area contributed by atoms with Crippen LogP contribution in [0, 0.1) is 0 Å². The maximum atomic E-state index is 11.3. The van der Waals surface area contributed by atoms with Gasteiger partial charge in [0.05, 0.1) is 6.54 Å². The summed E-state index contributed by atoms with van der Waals surface area (Å²) >= 11 is 1.81. The van der Waals surface area contributed by atoms with Crippen molar-refractivity contribution in [2.45, 2.75) is 25.4 Å². The molecule has 6 nitrogen and oxygen atoms in total. The standard InChI is InChI=1S/C11H22N2O4S/c1-17-9(10(14)15)8-13-11(16)12-6-4-3-5-7-18-2/h9H,3-8H2,1-2H3,(H,14,15)(H2,12,13,16). The van der Waals surface area contributed by atoms with Gasteiger partial charge < -0.3 is 20.5 Å². The number of carboxylic acid groups (broad SMARTS) is 1. The lowest BCUT2D eigenvalue weighted by atomic mass is 10.2. The van der Waals surface area contributed by atoms with Gasteiger partial charge in [0.15, 0.2) is 6.10 Å². The third kappa shape index (κ3) is 9.12. The molecule has 0 bridgehead atoms. The number of ether oxygens (including phenoxy) is 1. The monoisotopic (exact) mass is 278 g/mol. The summed E-state index contributed by atoms with van der Waals surface area (Å²) in [5.74, 6) is 0.0511. The summed E-state index contributed by atoms with van der Waals surface area (Å²) in [6.07, 6.45) is 4.23. The first kappa shape index (κ1) is 17.1. The van der Waals surface area contributed by atoms with E-state index in [1.165, 1.54) is 7.11 Å². The van der Waals surface area contributed by atoms with Crippen LogP contribution in [0.2, 0.25) is 0 Å². The summed E-state index contributed by atoms with van der Waals surface area (Å²) in [6, 6.07) is -0.358. The predicted octanol–water partition coefficient (Wildman–Crippen LogP) is 0.918. The van der Waals surface area contributed by atoms with E-state index < -0.39 is 12.1 Å². The van der Waals surface area contributed by atoms with Crippen LogP contribution in [0.5, 0.6) is 0 Å². The van der Waals surface area contributed by atoms with E-state index >= 15 is 0 Å². The highest BCUT2D eigenvalue weighted by Gasteiger charge is 2.16. The van der Waals surface area contributed by atoms with Crippen LogP contribution in [0.1, 0.15) is 19.3 Å². The molecule has 0 aliphatic carbocycles. The predicted molar refractivity (Wildman–Crippen MR) is 72.1 cm³/mol. The van der Waals surface area contributed by atoms with Crippen LogP contribution >= 0.6 is 11.8 Å². The molecule has 0 rings (SSSR count). The summed E-state index contributed by atoms with van der Waals surface area (Å²) in [7, 11) is 1.30. The zero-order valence-corrected chi connectivity index (χ0v) is 11.7. The molecule has 0 heterocycles. The number of hydrogen-bond donors (Lipinski definition) is 3. The number of rotatable bonds is 10. The Bertz CT molecular complexity index is 251. The molecule has 0 saturated carbocycles. The summed E-state index contributed by atoms with van der Waals surface area (Å²) in [6.45, 7) is 0.565. The quantitative estimate of drug-likeness (QED) is 0.517. The average molecular weight is 278 g/mol. The number of carbonyl (C=O) groups is 2. The summed E-state index contributed by atoms with van der Waals surface area (Å²) in [5.41, 5.74) is 0. The SMILES string of the molecule is COC(CNC(=O)NCCCCCSC)C(=O)O. The highest BCUT2D eigenvalue weighted by atomic mass is 32.2. The molecule has 0 radical (unpaired) electrons.